The van der Waals surface area contributed by atoms with Crippen LogP contribution in [-0.4, -0.2) is 39.7 Å². The number of nitrogens with zero attached hydrogens (tertiary/aromatic N) is 1. The molecule has 0 radical (unpaired) electrons. The van der Waals surface area contributed by atoms with Crippen LogP contribution in [0.4, 0.5) is 11.4 Å². The van der Waals surface area contributed by atoms with E-state index in [0.717, 1.165) is 29.0 Å². The molecule has 0 heterocycles. The number of anilines is 2. The van der Waals surface area contributed by atoms with E-state index < -0.39 is 28.4 Å². The highest BCUT2D eigenvalue weighted by atomic mass is 35.5. The lowest BCUT2D eigenvalue weighted by Gasteiger charge is -2.22. The van der Waals surface area contributed by atoms with Gasteiger partial charge in [0.15, 0.2) is 0 Å². The average Bonchev–Trinajstić information content (AvgIpc) is 2.68. The Morgan fingerprint density at radius 3 is 2.37 bits per heavy atom. The van der Waals surface area contributed by atoms with Crippen LogP contribution < -0.4 is 9.62 Å². The van der Waals surface area contributed by atoms with Crippen LogP contribution in [0.3, 0.4) is 0 Å². The van der Waals surface area contributed by atoms with Gasteiger partial charge in [0.2, 0.25) is 15.9 Å². The lowest BCUT2D eigenvalue weighted by Crippen LogP contribution is -2.37. The maximum atomic E-state index is 12.4. The molecule has 1 N–H and O–H groups in total. The molecule has 7 nitrogen and oxygen atoms in total. The largest absolute Gasteiger partial charge is 0.462 e. The van der Waals surface area contributed by atoms with Gasteiger partial charge in [0.1, 0.15) is 6.54 Å². The molecule has 0 saturated heterocycles. The van der Waals surface area contributed by atoms with Crippen LogP contribution in [0.25, 0.3) is 0 Å². The first-order valence-electron chi connectivity index (χ1n) is 9.42. The highest BCUT2D eigenvalue weighted by Gasteiger charge is 2.21. The summed E-state index contributed by atoms with van der Waals surface area (Å²) >= 11 is 6.09. The molecule has 0 fully saturated rings. The quantitative estimate of drug-likeness (QED) is 0.458. The fourth-order valence-electron chi connectivity index (χ4n) is 2.55. The van der Waals surface area contributed by atoms with Gasteiger partial charge in [0.05, 0.1) is 24.1 Å². The molecule has 0 bridgehead atoms. The Kier molecular flexibility index (Phi) is 8.25. The molecule has 0 aliphatic rings. The predicted octanol–water partition coefficient (Wildman–Crippen LogP) is 4.01. The Labute approximate surface area is 182 Å². The normalized spacial score (nSPS) is 11.1. The number of nitrogens with one attached hydrogen (secondary N) is 1. The van der Waals surface area contributed by atoms with E-state index in [0.29, 0.717) is 28.6 Å². The number of sulfonamides is 1. The topological polar surface area (TPSA) is 92.8 Å². The van der Waals surface area contributed by atoms with Crippen LogP contribution in [0.2, 0.25) is 5.02 Å². The second-order valence-corrected chi connectivity index (χ2v) is 9.13. The molecule has 0 saturated carbocycles. The highest BCUT2D eigenvalue weighted by Crippen LogP contribution is 2.25. The highest BCUT2D eigenvalue weighted by molar-refractivity contribution is 7.92. The number of ether oxygens (including phenoxy) is 1. The second kappa shape index (κ2) is 10.4. The van der Waals surface area contributed by atoms with E-state index in [1.54, 1.807) is 31.2 Å². The maximum Gasteiger partial charge on any atom is 0.338 e. The summed E-state index contributed by atoms with van der Waals surface area (Å²) in [6.45, 7) is 3.74. The van der Waals surface area contributed by atoms with Gasteiger partial charge < -0.3 is 10.1 Å². The smallest absolute Gasteiger partial charge is 0.338 e. The number of aryl methyl sites for hydroxylation is 1. The summed E-state index contributed by atoms with van der Waals surface area (Å²) in [6, 6.07) is 11.0. The van der Waals surface area contributed by atoms with Crippen molar-refractivity contribution in [1.29, 1.82) is 0 Å². The number of hydrogen-bond acceptors (Lipinski definition) is 5. The van der Waals surface area contributed by atoms with Gasteiger partial charge in [0.25, 0.3) is 0 Å². The Bertz CT molecular complexity index is 1010. The van der Waals surface area contributed by atoms with E-state index in [-0.39, 0.29) is 0 Å². The standard InChI is InChI=1S/C21H25ClN2O5S/c1-4-5-12-29-21(26)16-7-9-17(10-8-16)23-20(25)14-24(30(3,27)28)18-11-6-15(2)19(22)13-18/h6-11,13H,4-5,12,14H2,1-3H3,(H,23,25). The van der Waals surface area contributed by atoms with Crippen LogP contribution >= 0.6 is 11.6 Å². The molecule has 162 valence electrons. The van der Waals surface area contributed by atoms with Crippen molar-refractivity contribution in [2.45, 2.75) is 26.7 Å². The van der Waals surface area contributed by atoms with Gasteiger partial charge in [-0.3, -0.25) is 9.10 Å². The van der Waals surface area contributed by atoms with Crippen molar-refractivity contribution < 1.29 is 22.7 Å². The molecular weight excluding hydrogens is 428 g/mol. The monoisotopic (exact) mass is 452 g/mol. The minimum absolute atomic E-state index is 0.299. The van der Waals surface area contributed by atoms with Crippen LogP contribution in [-0.2, 0) is 19.6 Å². The second-order valence-electron chi connectivity index (χ2n) is 6.82. The Morgan fingerprint density at radius 1 is 1.13 bits per heavy atom. The summed E-state index contributed by atoms with van der Waals surface area (Å²) in [4.78, 5) is 24.4. The zero-order chi connectivity index (χ0) is 22.3. The zero-order valence-electron chi connectivity index (χ0n) is 17.1. The van der Waals surface area contributed by atoms with Crippen molar-refractivity contribution in [3.63, 3.8) is 0 Å². The van der Waals surface area contributed by atoms with Gasteiger partial charge in [-0.2, -0.15) is 0 Å². The van der Waals surface area contributed by atoms with Gasteiger partial charge >= 0.3 is 5.97 Å². The first-order valence-corrected chi connectivity index (χ1v) is 11.7. The summed E-state index contributed by atoms with van der Waals surface area (Å²) in [7, 11) is -3.71. The number of carbonyl (C=O) groups excluding carboxylic acids is 2. The summed E-state index contributed by atoms with van der Waals surface area (Å²) in [5.41, 5.74) is 1.90. The van der Waals surface area contributed by atoms with E-state index in [4.69, 9.17) is 16.3 Å². The number of esters is 1. The molecule has 0 atom stereocenters. The van der Waals surface area contributed by atoms with Gasteiger partial charge in [-0.05, 0) is 55.3 Å². The summed E-state index contributed by atoms with van der Waals surface area (Å²) in [5, 5.41) is 3.03. The van der Waals surface area contributed by atoms with E-state index >= 15 is 0 Å². The third-order valence-corrected chi connectivity index (χ3v) is 5.81. The van der Waals surface area contributed by atoms with Crippen LogP contribution in [0, 0.1) is 6.92 Å². The van der Waals surface area contributed by atoms with Crippen molar-refractivity contribution in [2.75, 3.05) is 29.0 Å². The Balaban J connectivity index is 2.06. The van der Waals surface area contributed by atoms with Crippen molar-refractivity contribution in [2.24, 2.45) is 0 Å². The summed E-state index contributed by atoms with van der Waals surface area (Å²) in [6.07, 6.45) is 2.74. The van der Waals surface area contributed by atoms with Crippen LogP contribution in [0.5, 0.6) is 0 Å². The van der Waals surface area contributed by atoms with E-state index in [2.05, 4.69) is 5.32 Å². The predicted molar refractivity (Wildman–Crippen MR) is 119 cm³/mol. The molecule has 2 aromatic carbocycles. The third-order valence-electron chi connectivity index (χ3n) is 4.27. The lowest BCUT2D eigenvalue weighted by atomic mass is 10.2. The van der Waals surface area contributed by atoms with Gasteiger partial charge in [0, 0.05) is 10.7 Å². The van der Waals surface area contributed by atoms with Crippen LogP contribution in [0.15, 0.2) is 42.5 Å². The van der Waals surface area contributed by atoms with Gasteiger partial charge in [-0.15, -0.1) is 0 Å². The summed E-state index contributed by atoms with van der Waals surface area (Å²) in [5.74, 6) is -0.962. The van der Waals surface area contributed by atoms with Crippen molar-refractivity contribution in [3.8, 4) is 0 Å². The van der Waals surface area contributed by atoms with Gasteiger partial charge in [-0.25, -0.2) is 13.2 Å². The minimum Gasteiger partial charge on any atom is -0.462 e. The molecule has 0 spiro atoms. The van der Waals surface area contributed by atoms with Crippen molar-refractivity contribution in [1.82, 2.24) is 0 Å². The molecular formula is C21H25ClN2O5S. The lowest BCUT2D eigenvalue weighted by molar-refractivity contribution is -0.114. The van der Waals surface area contributed by atoms with Crippen molar-refractivity contribution >= 4 is 44.9 Å². The van der Waals surface area contributed by atoms with Crippen molar-refractivity contribution in [3.05, 3.63) is 58.6 Å². The molecule has 0 aliphatic carbocycles. The maximum absolute atomic E-state index is 12.4. The Hall–Kier alpha value is -2.58. The number of unbranched alkanes of at least 4 members (excludes halogenated alkanes) is 1. The number of carbonyl (C=O) groups is 2. The van der Waals surface area contributed by atoms with E-state index in [1.165, 1.54) is 18.2 Å². The number of amides is 1. The number of rotatable bonds is 9. The number of benzene rings is 2. The molecule has 30 heavy (non-hydrogen) atoms. The third kappa shape index (κ3) is 6.74. The number of hydrogen-bond donors (Lipinski definition) is 1. The SMILES string of the molecule is CCCCOC(=O)c1ccc(NC(=O)CN(c2ccc(C)c(Cl)c2)S(C)(=O)=O)cc1. The van der Waals surface area contributed by atoms with Crippen LogP contribution in [0.1, 0.15) is 35.7 Å². The number of halogens is 1. The van der Waals surface area contributed by atoms with Gasteiger partial charge in [-0.1, -0.05) is 31.0 Å². The molecule has 2 rings (SSSR count). The molecule has 9 heteroatoms. The first-order chi connectivity index (χ1) is 14.1. The average molecular weight is 453 g/mol. The fourth-order valence-corrected chi connectivity index (χ4v) is 3.57. The minimum atomic E-state index is -3.71. The molecule has 0 aromatic heterocycles. The first kappa shape index (κ1) is 23.7. The molecule has 0 aliphatic heterocycles. The molecule has 2 aromatic rings. The molecule has 1 amide bonds. The zero-order valence-corrected chi connectivity index (χ0v) is 18.7. The molecule has 0 unspecified atom stereocenters. The Morgan fingerprint density at radius 2 is 1.80 bits per heavy atom. The van der Waals surface area contributed by atoms with E-state index in [1.807, 2.05) is 6.92 Å². The summed E-state index contributed by atoms with van der Waals surface area (Å²) < 4.78 is 30.5. The van der Waals surface area contributed by atoms with E-state index in [9.17, 15) is 18.0 Å². The fraction of sp³-hybridized carbons (Fsp3) is 0.333.